The minimum absolute atomic E-state index is 0.104. The Morgan fingerprint density at radius 2 is 2.10 bits per heavy atom. The molecule has 2 aromatic rings. The molecule has 0 saturated heterocycles. The second-order valence-electron chi connectivity index (χ2n) is 5.49. The van der Waals surface area contributed by atoms with Crippen molar-refractivity contribution in [1.29, 1.82) is 0 Å². The summed E-state index contributed by atoms with van der Waals surface area (Å²) >= 11 is 12.2. The van der Waals surface area contributed by atoms with Gasteiger partial charge in [0.25, 0.3) is 5.91 Å². The molecule has 1 atom stereocenters. The minimum atomic E-state index is -0.327. The third-order valence-corrected chi connectivity index (χ3v) is 3.86. The molecule has 114 valence electrons. The molecule has 0 spiro atoms. The number of carbonyl (C=O) groups is 1. The van der Waals surface area contributed by atoms with Crippen LogP contribution in [0.1, 0.15) is 30.8 Å². The molecule has 1 amide bonds. The van der Waals surface area contributed by atoms with Gasteiger partial charge in [0.1, 0.15) is 5.69 Å². The summed E-state index contributed by atoms with van der Waals surface area (Å²) in [4.78, 5) is 15.3. The van der Waals surface area contributed by atoms with E-state index in [1.165, 1.54) is 0 Å². The van der Waals surface area contributed by atoms with Crippen molar-refractivity contribution < 1.29 is 9.90 Å². The second kappa shape index (κ2) is 6.69. The lowest BCUT2D eigenvalue weighted by Gasteiger charge is -2.17. The van der Waals surface area contributed by atoms with Crippen molar-refractivity contribution in [2.75, 3.05) is 6.61 Å². The van der Waals surface area contributed by atoms with E-state index in [-0.39, 0.29) is 24.2 Å². The van der Waals surface area contributed by atoms with E-state index in [9.17, 15) is 9.90 Å². The number of fused-ring (bicyclic) bond motifs is 1. The van der Waals surface area contributed by atoms with E-state index < -0.39 is 0 Å². The summed E-state index contributed by atoms with van der Waals surface area (Å²) < 4.78 is 0. The van der Waals surface area contributed by atoms with Crippen molar-refractivity contribution in [1.82, 2.24) is 10.3 Å². The minimum Gasteiger partial charge on any atom is -0.394 e. The zero-order chi connectivity index (χ0) is 15.6. The molecular weight excluding hydrogens is 311 g/mol. The molecule has 1 aromatic heterocycles. The van der Waals surface area contributed by atoms with E-state index in [1.54, 1.807) is 18.2 Å². The Bertz CT molecular complexity index is 652. The zero-order valence-corrected chi connectivity index (χ0v) is 13.4. The van der Waals surface area contributed by atoms with Crippen LogP contribution < -0.4 is 5.32 Å². The van der Waals surface area contributed by atoms with Crippen LogP contribution in [0.15, 0.2) is 18.2 Å². The van der Waals surface area contributed by atoms with Crippen LogP contribution >= 0.6 is 23.2 Å². The first-order valence-electron chi connectivity index (χ1n) is 6.80. The highest BCUT2D eigenvalue weighted by atomic mass is 35.5. The summed E-state index contributed by atoms with van der Waals surface area (Å²) in [5.41, 5.74) is 1.04. The van der Waals surface area contributed by atoms with E-state index in [0.29, 0.717) is 27.8 Å². The van der Waals surface area contributed by atoms with Crippen LogP contribution in [0.4, 0.5) is 0 Å². The number of nitrogens with one attached hydrogen (secondary N) is 2. The highest BCUT2D eigenvalue weighted by Crippen LogP contribution is 2.29. The molecule has 0 radical (unpaired) electrons. The van der Waals surface area contributed by atoms with Crippen molar-refractivity contribution in [2.24, 2.45) is 5.92 Å². The molecular formula is C15H18Cl2N2O2. The largest absolute Gasteiger partial charge is 0.394 e. The highest BCUT2D eigenvalue weighted by Gasteiger charge is 2.20. The topological polar surface area (TPSA) is 65.1 Å². The summed E-state index contributed by atoms with van der Waals surface area (Å²) in [6.45, 7) is 3.97. The molecule has 0 aliphatic heterocycles. The van der Waals surface area contributed by atoms with Crippen LogP contribution in [-0.4, -0.2) is 28.6 Å². The van der Waals surface area contributed by atoms with Gasteiger partial charge in [0.2, 0.25) is 0 Å². The van der Waals surface area contributed by atoms with E-state index in [2.05, 4.69) is 10.3 Å². The van der Waals surface area contributed by atoms with Gasteiger partial charge in [-0.1, -0.05) is 37.0 Å². The van der Waals surface area contributed by atoms with Gasteiger partial charge in [-0.2, -0.15) is 0 Å². The van der Waals surface area contributed by atoms with Gasteiger partial charge in [-0.3, -0.25) is 4.79 Å². The van der Waals surface area contributed by atoms with Crippen LogP contribution in [0.3, 0.4) is 0 Å². The van der Waals surface area contributed by atoms with E-state index in [1.807, 2.05) is 13.8 Å². The molecule has 1 aromatic carbocycles. The zero-order valence-electron chi connectivity index (χ0n) is 11.9. The summed E-state index contributed by atoms with van der Waals surface area (Å²) in [5.74, 6) is 0.0477. The smallest absolute Gasteiger partial charge is 0.269 e. The number of rotatable bonds is 5. The number of H-pyrrole nitrogens is 1. The number of aromatic amines is 1. The third-order valence-electron chi connectivity index (χ3n) is 3.24. The molecule has 0 aliphatic carbocycles. The maximum Gasteiger partial charge on any atom is 0.269 e. The van der Waals surface area contributed by atoms with E-state index in [4.69, 9.17) is 23.2 Å². The number of aliphatic hydroxyl groups excluding tert-OH is 1. The Morgan fingerprint density at radius 1 is 1.38 bits per heavy atom. The number of hydrogen-bond donors (Lipinski definition) is 3. The summed E-state index contributed by atoms with van der Waals surface area (Å²) in [5, 5.41) is 13.7. The van der Waals surface area contributed by atoms with Crippen molar-refractivity contribution in [2.45, 2.75) is 26.3 Å². The molecule has 1 unspecified atom stereocenters. The average Bonchev–Trinajstić information content (AvgIpc) is 2.74. The van der Waals surface area contributed by atoms with Crippen molar-refractivity contribution >= 4 is 40.0 Å². The number of aliphatic hydroxyl groups is 1. The molecule has 2 rings (SSSR count). The number of benzene rings is 1. The summed E-state index contributed by atoms with van der Waals surface area (Å²) in [6.07, 6.45) is 0.700. The Morgan fingerprint density at radius 3 is 2.71 bits per heavy atom. The highest BCUT2D eigenvalue weighted by molar-refractivity contribution is 6.39. The molecule has 0 fully saturated rings. The molecule has 0 saturated carbocycles. The molecule has 21 heavy (non-hydrogen) atoms. The van der Waals surface area contributed by atoms with Gasteiger partial charge in [0, 0.05) is 15.9 Å². The van der Waals surface area contributed by atoms with Gasteiger partial charge in [0.15, 0.2) is 0 Å². The Hall–Kier alpha value is -1.23. The Kier molecular flexibility index (Phi) is 5.14. The number of aromatic nitrogens is 1. The van der Waals surface area contributed by atoms with Crippen LogP contribution in [0, 0.1) is 5.92 Å². The van der Waals surface area contributed by atoms with Crippen LogP contribution in [0.2, 0.25) is 10.0 Å². The second-order valence-corrected chi connectivity index (χ2v) is 6.30. The summed E-state index contributed by atoms with van der Waals surface area (Å²) in [6, 6.07) is 4.93. The van der Waals surface area contributed by atoms with Gasteiger partial charge in [-0.05, 0) is 30.5 Å². The Balaban J connectivity index is 2.25. The van der Waals surface area contributed by atoms with Gasteiger partial charge < -0.3 is 15.4 Å². The lowest BCUT2D eigenvalue weighted by atomic mass is 10.0. The summed E-state index contributed by atoms with van der Waals surface area (Å²) in [7, 11) is 0. The average molecular weight is 329 g/mol. The normalized spacial score (nSPS) is 12.9. The molecule has 0 bridgehead atoms. The fraction of sp³-hybridized carbons (Fsp3) is 0.400. The third kappa shape index (κ3) is 3.70. The van der Waals surface area contributed by atoms with Crippen molar-refractivity contribution in [3.63, 3.8) is 0 Å². The monoisotopic (exact) mass is 328 g/mol. The van der Waals surface area contributed by atoms with Gasteiger partial charge in [-0.15, -0.1) is 0 Å². The lowest BCUT2D eigenvalue weighted by Crippen LogP contribution is -2.38. The first kappa shape index (κ1) is 16.1. The quantitative estimate of drug-likeness (QED) is 0.784. The van der Waals surface area contributed by atoms with E-state index in [0.717, 1.165) is 5.52 Å². The predicted molar refractivity (Wildman–Crippen MR) is 86.1 cm³/mol. The van der Waals surface area contributed by atoms with Gasteiger partial charge in [-0.25, -0.2) is 0 Å². The van der Waals surface area contributed by atoms with Gasteiger partial charge >= 0.3 is 0 Å². The fourth-order valence-corrected chi connectivity index (χ4v) is 2.75. The number of carbonyl (C=O) groups excluding carboxylic acids is 1. The molecule has 6 heteroatoms. The number of hydrogen-bond acceptors (Lipinski definition) is 2. The number of amides is 1. The Labute approximate surface area is 133 Å². The first-order valence-corrected chi connectivity index (χ1v) is 7.56. The maximum absolute atomic E-state index is 12.3. The lowest BCUT2D eigenvalue weighted by molar-refractivity contribution is 0.0904. The van der Waals surface area contributed by atoms with Crippen LogP contribution in [-0.2, 0) is 0 Å². The molecule has 3 N–H and O–H groups in total. The number of halogens is 2. The maximum atomic E-state index is 12.3. The van der Waals surface area contributed by atoms with Gasteiger partial charge in [0.05, 0.1) is 17.7 Å². The van der Waals surface area contributed by atoms with Crippen LogP contribution in [0.5, 0.6) is 0 Å². The molecule has 4 nitrogen and oxygen atoms in total. The predicted octanol–water partition coefficient (Wildman–Crippen LogP) is 3.61. The van der Waals surface area contributed by atoms with Crippen LogP contribution in [0.25, 0.3) is 10.9 Å². The fourth-order valence-electron chi connectivity index (χ4n) is 2.29. The molecule has 1 heterocycles. The van der Waals surface area contributed by atoms with Crippen molar-refractivity contribution in [3.05, 3.63) is 33.9 Å². The van der Waals surface area contributed by atoms with E-state index >= 15 is 0 Å². The standard InChI is InChI=1S/C15H18Cl2N2O2/c1-8(2)5-10(7-20)18-15(21)14-13(17)11-6-9(16)3-4-12(11)19-14/h3-4,6,8,10,19-20H,5,7H2,1-2H3,(H,18,21). The first-order chi connectivity index (χ1) is 9.92. The molecule has 0 aliphatic rings. The SMILES string of the molecule is CC(C)CC(CO)NC(=O)c1[nH]c2ccc(Cl)cc2c1Cl. The van der Waals surface area contributed by atoms with Crippen molar-refractivity contribution in [3.8, 4) is 0 Å².